The minimum atomic E-state index is -5.46. The number of hydrogen-bond donors (Lipinski definition) is 1. The molecule has 1 amide bonds. The monoisotopic (exact) mass is 611 g/mol. The van der Waals surface area contributed by atoms with Crippen LogP contribution in [0, 0.1) is 17.2 Å². The summed E-state index contributed by atoms with van der Waals surface area (Å²) < 4.78 is 85.3. The fourth-order valence-corrected chi connectivity index (χ4v) is 4.81. The van der Waals surface area contributed by atoms with E-state index in [1.807, 2.05) is 6.07 Å². The number of hydrogen-bond acceptors (Lipinski definition) is 5. The molecule has 6 nitrogen and oxygen atoms in total. The van der Waals surface area contributed by atoms with Gasteiger partial charge in [-0.05, 0) is 61.6 Å². The Morgan fingerprint density at radius 2 is 1.67 bits per heavy atom. The SMILES string of the molecule is CC(OCCC1CCCCC1)(C(F)(F)F)C(F)(F)F.CNC(=O)c1ccc(-c2nc3cc(C#N)cc(C(C)C)c3o2)cc1. The summed E-state index contributed by atoms with van der Waals surface area (Å²) in [4.78, 5) is 16.1. The van der Waals surface area contributed by atoms with Gasteiger partial charge in [0.2, 0.25) is 5.89 Å². The number of nitriles is 1. The lowest BCUT2D eigenvalue weighted by Gasteiger charge is -2.34. The molecule has 0 radical (unpaired) electrons. The van der Waals surface area contributed by atoms with Crippen molar-refractivity contribution in [2.24, 2.45) is 5.92 Å². The standard InChI is InChI=1S/C19H17N3O2.C12H18F6O/c1-11(2)15-8-12(10-20)9-16-17(15)24-19(22-16)14-6-4-13(5-7-14)18(23)21-3;1-10(11(13,14)15,12(16,17)18)19-8-7-9-5-3-2-4-6-9/h4-9,11H,1-3H3,(H,21,23);9H,2-8H2,1H3. The number of fused-ring (bicyclic) bond motifs is 1. The van der Waals surface area contributed by atoms with E-state index in [9.17, 15) is 36.4 Å². The van der Waals surface area contributed by atoms with Gasteiger partial charge in [0.15, 0.2) is 5.58 Å². The van der Waals surface area contributed by atoms with E-state index in [2.05, 4.69) is 35.0 Å². The number of oxazole rings is 1. The van der Waals surface area contributed by atoms with E-state index in [1.165, 1.54) is 0 Å². The van der Waals surface area contributed by atoms with Crippen molar-refractivity contribution in [1.82, 2.24) is 10.3 Å². The van der Waals surface area contributed by atoms with E-state index < -0.39 is 24.6 Å². The van der Waals surface area contributed by atoms with Crippen molar-refractivity contribution >= 4 is 17.0 Å². The first-order chi connectivity index (χ1) is 20.1. The van der Waals surface area contributed by atoms with Gasteiger partial charge in [-0.25, -0.2) is 4.98 Å². The summed E-state index contributed by atoms with van der Waals surface area (Å²) in [5, 5.41) is 11.8. The molecule has 0 aliphatic heterocycles. The quantitative estimate of drug-likeness (QED) is 0.270. The molecule has 1 saturated carbocycles. The summed E-state index contributed by atoms with van der Waals surface area (Å²) >= 11 is 0. The summed E-state index contributed by atoms with van der Waals surface area (Å²) in [6.45, 7) is 3.64. The third-order valence-electron chi connectivity index (χ3n) is 7.61. The van der Waals surface area contributed by atoms with Gasteiger partial charge in [-0.2, -0.15) is 31.6 Å². The maximum Gasteiger partial charge on any atom is 0.426 e. The number of alkyl halides is 6. The van der Waals surface area contributed by atoms with Crippen LogP contribution in [0.3, 0.4) is 0 Å². The Labute approximate surface area is 246 Å². The lowest BCUT2D eigenvalue weighted by molar-refractivity contribution is -0.374. The van der Waals surface area contributed by atoms with E-state index >= 15 is 0 Å². The highest BCUT2D eigenvalue weighted by molar-refractivity contribution is 5.94. The lowest BCUT2D eigenvalue weighted by atomic mass is 9.87. The average molecular weight is 612 g/mol. The number of aromatic nitrogens is 1. The summed E-state index contributed by atoms with van der Waals surface area (Å²) in [6, 6.07) is 12.8. The van der Waals surface area contributed by atoms with Crippen LogP contribution in [-0.4, -0.2) is 42.5 Å². The fraction of sp³-hybridized carbons (Fsp3) is 0.516. The van der Waals surface area contributed by atoms with Crippen molar-refractivity contribution in [2.75, 3.05) is 13.7 Å². The first-order valence-corrected chi connectivity index (χ1v) is 14.1. The molecule has 0 unspecified atom stereocenters. The van der Waals surface area contributed by atoms with E-state index in [1.54, 1.807) is 37.4 Å². The van der Waals surface area contributed by atoms with Gasteiger partial charge in [-0.3, -0.25) is 4.79 Å². The Morgan fingerprint density at radius 3 is 2.19 bits per heavy atom. The molecule has 1 N–H and O–H groups in total. The van der Waals surface area contributed by atoms with Crippen LogP contribution in [0.25, 0.3) is 22.6 Å². The summed E-state index contributed by atoms with van der Waals surface area (Å²) in [7, 11) is 1.59. The normalized spacial score (nSPS) is 14.7. The molecule has 1 heterocycles. The number of ether oxygens (including phenoxy) is 1. The molecule has 234 valence electrons. The van der Waals surface area contributed by atoms with Crippen LogP contribution in [-0.2, 0) is 4.74 Å². The Bertz CT molecular complexity index is 1400. The zero-order valence-corrected chi connectivity index (χ0v) is 24.5. The third-order valence-corrected chi connectivity index (χ3v) is 7.61. The van der Waals surface area contributed by atoms with Crippen molar-refractivity contribution in [1.29, 1.82) is 5.26 Å². The number of carbonyl (C=O) groups excluding carboxylic acids is 1. The van der Waals surface area contributed by atoms with Crippen molar-refractivity contribution in [3.8, 4) is 17.5 Å². The minimum Gasteiger partial charge on any atom is -0.436 e. The number of nitrogens with one attached hydrogen (secondary N) is 1. The van der Waals surface area contributed by atoms with Gasteiger partial charge in [0.05, 0.1) is 11.6 Å². The van der Waals surface area contributed by atoms with Crippen LogP contribution in [0.4, 0.5) is 26.3 Å². The second kappa shape index (κ2) is 13.8. The Morgan fingerprint density at radius 1 is 1.07 bits per heavy atom. The molecular weight excluding hydrogens is 576 g/mol. The van der Waals surface area contributed by atoms with Crippen LogP contribution in [0.1, 0.15) is 86.7 Å². The van der Waals surface area contributed by atoms with Crippen LogP contribution >= 0.6 is 0 Å². The number of nitrogens with zero attached hydrogens (tertiary/aromatic N) is 2. The lowest BCUT2D eigenvalue weighted by Crippen LogP contribution is -2.56. The molecule has 0 spiro atoms. The molecule has 0 atom stereocenters. The second-order valence-corrected chi connectivity index (χ2v) is 11.0. The first kappa shape index (κ1) is 33.9. The number of amides is 1. The molecule has 43 heavy (non-hydrogen) atoms. The van der Waals surface area contributed by atoms with Crippen molar-refractivity contribution in [3.05, 3.63) is 53.1 Å². The van der Waals surface area contributed by atoms with Crippen LogP contribution < -0.4 is 5.32 Å². The number of benzene rings is 2. The van der Waals surface area contributed by atoms with E-state index in [4.69, 9.17) is 4.42 Å². The molecule has 1 fully saturated rings. The second-order valence-electron chi connectivity index (χ2n) is 11.0. The van der Waals surface area contributed by atoms with E-state index in [0.717, 1.165) is 43.2 Å². The van der Waals surface area contributed by atoms with Gasteiger partial charge >= 0.3 is 12.4 Å². The van der Waals surface area contributed by atoms with Gasteiger partial charge in [0, 0.05) is 30.3 Å². The van der Waals surface area contributed by atoms with Gasteiger partial charge in [-0.15, -0.1) is 0 Å². The van der Waals surface area contributed by atoms with E-state index in [-0.39, 0.29) is 31.1 Å². The van der Waals surface area contributed by atoms with Gasteiger partial charge in [-0.1, -0.05) is 46.0 Å². The first-order valence-electron chi connectivity index (χ1n) is 14.1. The van der Waals surface area contributed by atoms with Crippen molar-refractivity contribution in [2.45, 2.75) is 83.2 Å². The highest BCUT2D eigenvalue weighted by Crippen LogP contribution is 2.45. The molecule has 0 bridgehead atoms. The summed E-state index contributed by atoms with van der Waals surface area (Å²) in [5.41, 5.74) is 0.191. The molecule has 4 rings (SSSR count). The molecule has 3 aromatic rings. The smallest absolute Gasteiger partial charge is 0.426 e. The van der Waals surface area contributed by atoms with Crippen LogP contribution in [0.15, 0.2) is 40.8 Å². The van der Waals surface area contributed by atoms with Gasteiger partial charge in [0.25, 0.3) is 11.5 Å². The predicted molar refractivity (Wildman–Crippen MR) is 149 cm³/mol. The molecule has 1 aliphatic carbocycles. The Hall–Kier alpha value is -3.59. The third kappa shape index (κ3) is 8.07. The van der Waals surface area contributed by atoms with Gasteiger partial charge in [0.1, 0.15) is 5.52 Å². The number of halogens is 6. The maximum absolute atomic E-state index is 12.5. The largest absolute Gasteiger partial charge is 0.436 e. The zero-order chi connectivity index (χ0) is 32.0. The molecule has 0 saturated heterocycles. The predicted octanol–water partition coefficient (Wildman–Crippen LogP) is 8.71. The minimum absolute atomic E-state index is 0.0495. The highest BCUT2D eigenvalue weighted by Gasteiger charge is 2.69. The van der Waals surface area contributed by atoms with Crippen LogP contribution in [0.2, 0.25) is 0 Å². The zero-order valence-electron chi connectivity index (χ0n) is 24.5. The molecule has 12 heteroatoms. The van der Waals surface area contributed by atoms with Crippen molar-refractivity contribution < 1.29 is 40.3 Å². The summed E-state index contributed by atoms with van der Waals surface area (Å²) in [5.74, 6) is 0.738. The summed E-state index contributed by atoms with van der Waals surface area (Å²) in [6.07, 6.45) is -5.89. The fourth-order valence-electron chi connectivity index (χ4n) is 4.81. The maximum atomic E-state index is 12.5. The molecule has 2 aromatic carbocycles. The molecule has 1 aromatic heterocycles. The molecule has 1 aliphatic rings. The Balaban J connectivity index is 0.000000243. The van der Waals surface area contributed by atoms with Crippen LogP contribution in [0.5, 0.6) is 0 Å². The Kier molecular flexibility index (Phi) is 10.9. The number of rotatable bonds is 7. The topological polar surface area (TPSA) is 88.1 Å². The average Bonchev–Trinajstić information content (AvgIpc) is 3.40. The highest BCUT2D eigenvalue weighted by atomic mass is 19.4. The van der Waals surface area contributed by atoms with E-state index in [0.29, 0.717) is 28.1 Å². The van der Waals surface area contributed by atoms with Crippen molar-refractivity contribution in [3.63, 3.8) is 0 Å². The molecular formula is C31H35F6N3O3. The number of carbonyl (C=O) groups is 1. The van der Waals surface area contributed by atoms with Gasteiger partial charge < -0.3 is 14.5 Å².